The van der Waals surface area contributed by atoms with E-state index in [0.29, 0.717) is 5.92 Å². The second-order valence-corrected chi connectivity index (χ2v) is 7.59. The van der Waals surface area contributed by atoms with Crippen LogP contribution < -0.4 is 5.32 Å². The molecule has 3 aliphatic rings. The Bertz CT molecular complexity index is 409. The lowest BCUT2D eigenvalue weighted by atomic mass is 9.70. The molecule has 0 aromatic rings. The molecule has 5 atom stereocenters. The van der Waals surface area contributed by atoms with Crippen LogP contribution in [-0.2, 0) is 14.3 Å². The lowest BCUT2D eigenvalue weighted by Crippen LogP contribution is -2.42. The number of carbonyl (C=O) groups is 1. The number of esters is 1. The van der Waals surface area contributed by atoms with Crippen LogP contribution in [0.1, 0.15) is 46.5 Å². The summed E-state index contributed by atoms with van der Waals surface area (Å²) in [6, 6.07) is -0.189. The fourth-order valence-electron chi connectivity index (χ4n) is 4.59. The number of fused-ring (bicyclic) bond motifs is 2. The normalized spacial score (nSPS) is 45.8. The van der Waals surface area contributed by atoms with Crippen LogP contribution in [0, 0.1) is 16.7 Å². The van der Waals surface area contributed by atoms with Gasteiger partial charge < -0.3 is 14.8 Å². The predicted octanol–water partition coefficient (Wildman–Crippen LogP) is 2.12. The summed E-state index contributed by atoms with van der Waals surface area (Å²) in [6.45, 7) is 7.73. The number of methoxy groups -OCH3 is 1. The number of nitrogens with one attached hydrogen (secondary N) is 1. The maximum Gasteiger partial charge on any atom is 0.323 e. The van der Waals surface area contributed by atoms with E-state index in [-0.39, 0.29) is 35.0 Å². The zero-order valence-corrected chi connectivity index (χ0v) is 13.1. The van der Waals surface area contributed by atoms with E-state index in [1.807, 2.05) is 0 Å². The maximum atomic E-state index is 12.4. The molecule has 2 aliphatic carbocycles. The Hall–Kier alpha value is -0.610. The van der Waals surface area contributed by atoms with E-state index in [1.54, 1.807) is 7.11 Å². The quantitative estimate of drug-likeness (QED) is 0.805. The van der Waals surface area contributed by atoms with E-state index < -0.39 is 0 Å². The van der Waals surface area contributed by atoms with Gasteiger partial charge in [0, 0.05) is 25.5 Å². The first-order valence-electron chi connectivity index (χ1n) is 7.85. The molecule has 0 aromatic carbocycles. The molecular weight excluding hydrogens is 254 g/mol. The van der Waals surface area contributed by atoms with Crippen molar-refractivity contribution in [2.75, 3.05) is 13.7 Å². The summed E-state index contributed by atoms with van der Waals surface area (Å²) in [5.74, 6) is 0.618. The van der Waals surface area contributed by atoms with E-state index in [9.17, 15) is 4.79 Å². The van der Waals surface area contributed by atoms with Gasteiger partial charge in [-0.1, -0.05) is 20.8 Å². The summed E-state index contributed by atoms with van der Waals surface area (Å²) in [5.41, 5.74) is 0.433. The standard InChI is InChI=1S/C16H27NO3/c1-15(2)10-5-6-16(15,3)13(7-10)20-14(18)12-8-11(19-4)9-17-12/h10-13,17H,5-9H2,1-4H3. The Balaban J connectivity index is 1.64. The topological polar surface area (TPSA) is 47.6 Å². The van der Waals surface area contributed by atoms with Gasteiger partial charge in [-0.05, 0) is 30.6 Å². The summed E-state index contributed by atoms with van der Waals surface area (Å²) in [5, 5.41) is 3.21. The van der Waals surface area contributed by atoms with Crippen molar-refractivity contribution in [2.45, 2.75) is 64.7 Å². The number of hydrogen-bond donors (Lipinski definition) is 1. The SMILES string of the molecule is COC1CNC(C(=O)OC2CC3CCC2(C)C3(C)C)C1. The lowest BCUT2D eigenvalue weighted by Gasteiger charge is -2.38. The molecule has 0 aromatic heterocycles. The number of carbonyl (C=O) groups excluding carboxylic acids is 1. The first-order valence-corrected chi connectivity index (χ1v) is 7.85. The largest absolute Gasteiger partial charge is 0.461 e. The van der Waals surface area contributed by atoms with Crippen molar-refractivity contribution in [3.8, 4) is 0 Å². The third-order valence-corrected chi connectivity index (χ3v) is 6.68. The summed E-state index contributed by atoms with van der Waals surface area (Å²) < 4.78 is 11.2. The molecule has 1 N–H and O–H groups in total. The van der Waals surface area contributed by atoms with Gasteiger partial charge in [-0.2, -0.15) is 0 Å². The Morgan fingerprint density at radius 2 is 2.00 bits per heavy atom. The van der Waals surface area contributed by atoms with Gasteiger partial charge in [0.15, 0.2) is 0 Å². The number of hydrogen-bond acceptors (Lipinski definition) is 4. The Morgan fingerprint density at radius 3 is 2.50 bits per heavy atom. The smallest absolute Gasteiger partial charge is 0.323 e. The first kappa shape index (κ1) is 14.3. The van der Waals surface area contributed by atoms with Gasteiger partial charge in [0.05, 0.1) is 6.10 Å². The Labute approximate surface area is 121 Å². The molecule has 20 heavy (non-hydrogen) atoms. The molecule has 5 unspecified atom stereocenters. The number of rotatable bonds is 3. The van der Waals surface area contributed by atoms with Gasteiger partial charge >= 0.3 is 5.97 Å². The van der Waals surface area contributed by atoms with Crippen LogP contribution in [0.15, 0.2) is 0 Å². The molecule has 4 nitrogen and oxygen atoms in total. The molecule has 2 bridgehead atoms. The van der Waals surface area contributed by atoms with Gasteiger partial charge in [-0.15, -0.1) is 0 Å². The molecule has 2 saturated carbocycles. The molecule has 114 valence electrons. The highest BCUT2D eigenvalue weighted by molar-refractivity contribution is 5.76. The zero-order chi connectivity index (χ0) is 14.5. The first-order chi connectivity index (χ1) is 9.38. The average molecular weight is 281 g/mol. The van der Waals surface area contributed by atoms with Crippen molar-refractivity contribution in [3.05, 3.63) is 0 Å². The highest BCUT2D eigenvalue weighted by atomic mass is 16.5. The molecule has 1 saturated heterocycles. The van der Waals surface area contributed by atoms with Gasteiger partial charge in [0.2, 0.25) is 0 Å². The van der Waals surface area contributed by atoms with Crippen LogP contribution in [0.2, 0.25) is 0 Å². The summed E-state index contributed by atoms with van der Waals surface area (Å²) in [4.78, 5) is 12.4. The van der Waals surface area contributed by atoms with E-state index in [4.69, 9.17) is 9.47 Å². The minimum atomic E-state index is -0.189. The molecule has 3 rings (SSSR count). The third kappa shape index (κ3) is 1.92. The van der Waals surface area contributed by atoms with E-state index in [1.165, 1.54) is 12.8 Å². The fraction of sp³-hybridized carbons (Fsp3) is 0.938. The molecule has 0 spiro atoms. The van der Waals surface area contributed by atoms with Crippen molar-refractivity contribution in [3.63, 3.8) is 0 Å². The zero-order valence-electron chi connectivity index (χ0n) is 13.1. The molecule has 0 amide bonds. The van der Waals surface area contributed by atoms with E-state index in [0.717, 1.165) is 19.4 Å². The Morgan fingerprint density at radius 1 is 1.25 bits per heavy atom. The van der Waals surface area contributed by atoms with Crippen LogP contribution in [0.4, 0.5) is 0 Å². The highest BCUT2D eigenvalue weighted by Gasteiger charge is 2.63. The van der Waals surface area contributed by atoms with Crippen LogP contribution in [0.25, 0.3) is 0 Å². The van der Waals surface area contributed by atoms with Crippen molar-refractivity contribution in [1.82, 2.24) is 5.32 Å². The fourth-order valence-corrected chi connectivity index (χ4v) is 4.59. The van der Waals surface area contributed by atoms with Gasteiger partial charge in [-0.25, -0.2) is 0 Å². The van der Waals surface area contributed by atoms with Crippen molar-refractivity contribution < 1.29 is 14.3 Å². The average Bonchev–Trinajstić information content (AvgIpc) is 3.01. The highest BCUT2D eigenvalue weighted by Crippen LogP contribution is 2.66. The van der Waals surface area contributed by atoms with Crippen LogP contribution >= 0.6 is 0 Å². The summed E-state index contributed by atoms with van der Waals surface area (Å²) in [6.07, 6.45) is 4.46. The number of ether oxygens (including phenoxy) is 2. The molecular formula is C16H27NO3. The molecule has 3 fully saturated rings. The second kappa shape index (κ2) is 4.70. The lowest BCUT2D eigenvalue weighted by molar-refractivity contribution is -0.159. The van der Waals surface area contributed by atoms with Crippen molar-refractivity contribution >= 4 is 5.97 Å². The van der Waals surface area contributed by atoms with Crippen molar-refractivity contribution in [1.29, 1.82) is 0 Å². The van der Waals surface area contributed by atoms with Crippen LogP contribution in [0.3, 0.4) is 0 Å². The van der Waals surface area contributed by atoms with Crippen LogP contribution in [0.5, 0.6) is 0 Å². The minimum Gasteiger partial charge on any atom is -0.461 e. The third-order valence-electron chi connectivity index (χ3n) is 6.68. The van der Waals surface area contributed by atoms with E-state index in [2.05, 4.69) is 26.1 Å². The predicted molar refractivity (Wildman–Crippen MR) is 76.3 cm³/mol. The monoisotopic (exact) mass is 281 g/mol. The summed E-state index contributed by atoms with van der Waals surface area (Å²) in [7, 11) is 1.69. The second-order valence-electron chi connectivity index (χ2n) is 7.59. The minimum absolute atomic E-state index is 0.0841. The van der Waals surface area contributed by atoms with Crippen LogP contribution in [-0.4, -0.2) is 37.9 Å². The Kier molecular flexibility index (Phi) is 3.37. The van der Waals surface area contributed by atoms with Gasteiger partial charge in [0.1, 0.15) is 12.1 Å². The molecule has 4 heteroatoms. The summed E-state index contributed by atoms with van der Waals surface area (Å²) >= 11 is 0. The maximum absolute atomic E-state index is 12.4. The van der Waals surface area contributed by atoms with Gasteiger partial charge in [-0.3, -0.25) is 4.79 Å². The van der Waals surface area contributed by atoms with Crippen molar-refractivity contribution in [2.24, 2.45) is 16.7 Å². The van der Waals surface area contributed by atoms with E-state index >= 15 is 0 Å². The molecule has 0 radical (unpaired) electrons. The molecule has 1 heterocycles. The molecule has 1 aliphatic heterocycles. The van der Waals surface area contributed by atoms with Gasteiger partial charge in [0.25, 0.3) is 0 Å².